The molecule has 3 rings (SSSR count). The molecule has 2 aromatic heterocycles. The van der Waals surface area contributed by atoms with Crippen LogP contribution in [0.25, 0.3) is 22.3 Å². The van der Waals surface area contributed by atoms with Gasteiger partial charge in [0.25, 0.3) is 0 Å². The summed E-state index contributed by atoms with van der Waals surface area (Å²) >= 11 is 0. The van der Waals surface area contributed by atoms with Gasteiger partial charge in [-0.25, -0.2) is 4.98 Å². The van der Waals surface area contributed by atoms with Crippen LogP contribution in [0, 0.1) is 6.92 Å². The second kappa shape index (κ2) is 3.96. The van der Waals surface area contributed by atoms with Crippen LogP contribution in [-0.4, -0.2) is 25.3 Å². The van der Waals surface area contributed by atoms with Gasteiger partial charge in [-0.05, 0) is 32.0 Å². The summed E-state index contributed by atoms with van der Waals surface area (Å²) in [5.74, 6) is 0.584. The predicted molar refractivity (Wildman–Crippen MR) is 69.0 cm³/mol. The fraction of sp³-hybridized carbons (Fsp3) is 0.231. The SMILES string of the molecule is Cc1cc(-c2ccc3nc([C@H](C)O)[nH]c3c2)n[nH]1. The molecule has 0 radical (unpaired) electrons. The lowest BCUT2D eigenvalue weighted by Gasteiger charge is -1.96. The van der Waals surface area contributed by atoms with Crippen molar-refractivity contribution in [3.05, 3.63) is 35.8 Å². The lowest BCUT2D eigenvalue weighted by Crippen LogP contribution is -1.92. The van der Waals surface area contributed by atoms with Crippen LogP contribution >= 0.6 is 0 Å². The van der Waals surface area contributed by atoms with E-state index < -0.39 is 6.10 Å². The van der Waals surface area contributed by atoms with Crippen molar-refractivity contribution in [3.8, 4) is 11.3 Å². The average Bonchev–Trinajstić information content (AvgIpc) is 2.93. The molecule has 0 saturated carbocycles. The van der Waals surface area contributed by atoms with Gasteiger partial charge >= 0.3 is 0 Å². The van der Waals surface area contributed by atoms with Crippen LogP contribution in [0.15, 0.2) is 24.3 Å². The summed E-state index contributed by atoms with van der Waals surface area (Å²) < 4.78 is 0. The van der Waals surface area contributed by atoms with E-state index in [4.69, 9.17) is 0 Å². The molecule has 0 unspecified atom stereocenters. The van der Waals surface area contributed by atoms with Crippen LogP contribution in [0.1, 0.15) is 24.5 Å². The average molecular weight is 242 g/mol. The summed E-state index contributed by atoms with van der Waals surface area (Å²) in [5, 5.41) is 16.7. The molecule has 0 spiro atoms. The van der Waals surface area contributed by atoms with E-state index in [9.17, 15) is 5.11 Å². The molecule has 1 atom stereocenters. The Balaban J connectivity index is 2.10. The third kappa shape index (κ3) is 1.78. The number of rotatable bonds is 2. The molecule has 2 heterocycles. The van der Waals surface area contributed by atoms with Gasteiger partial charge in [-0.3, -0.25) is 5.10 Å². The van der Waals surface area contributed by atoms with Crippen molar-refractivity contribution < 1.29 is 5.11 Å². The van der Waals surface area contributed by atoms with Crippen molar-refractivity contribution in [1.82, 2.24) is 20.2 Å². The molecule has 5 heteroatoms. The van der Waals surface area contributed by atoms with Gasteiger partial charge < -0.3 is 10.1 Å². The number of aryl methyl sites for hydroxylation is 1. The Hall–Kier alpha value is -2.14. The lowest BCUT2D eigenvalue weighted by atomic mass is 10.1. The van der Waals surface area contributed by atoms with Gasteiger partial charge in [0, 0.05) is 11.3 Å². The largest absolute Gasteiger partial charge is 0.385 e. The minimum atomic E-state index is -0.589. The van der Waals surface area contributed by atoms with Crippen molar-refractivity contribution >= 4 is 11.0 Å². The number of imidazole rings is 1. The van der Waals surface area contributed by atoms with E-state index in [2.05, 4.69) is 20.2 Å². The molecule has 3 N–H and O–H groups in total. The van der Waals surface area contributed by atoms with E-state index in [1.54, 1.807) is 6.92 Å². The molecule has 18 heavy (non-hydrogen) atoms. The van der Waals surface area contributed by atoms with E-state index in [0.29, 0.717) is 5.82 Å². The molecular formula is C13H14N4O. The number of aromatic amines is 2. The van der Waals surface area contributed by atoms with Gasteiger partial charge in [0.2, 0.25) is 0 Å². The van der Waals surface area contributed by atoms with Crippen LogP contribution < -0.4 is 0 Å². The van der Waals surface area contributed by atoms with Crippen LogP contribution in [-0.2, 0) is 0 Å². The topological polar surface area (TPSA) is 77.6 Å². The third-order valence-electron chi connectivity index (χ3n) is 2.90. The number of aliphatic hydroxyl groups excluding tert-OH is 1. The Morgan fingerprint density at radius 3 is 2.78 bits per heavy atom. The standard InChI is InChI=1S/C13H14N4O/c1-7-5-11(17-16-7)9-3-4-10-12(6-9)15-13(14-10)8(2)18/h3-6,8,18H,1-2H3,(H,14,15)(H,16,17)/t8-/m0/s1. The molecule has 0 saturated heterocycles. The van der Waals surface area contributed by atoms with Crippen LogP contribution in [0.5, 0.6) is 0 Å². The third-order valence-corrected chi connectivity index (χ3v) is 2.90. The molecule has 0 aliphatic carbocycles. The minimum Gasteiger partial charge on any atom is -0.385 e. The van der Waals surface area contributed by atoms with E-state index in [1.807, 2.05) is 31.2 Å². The highest BCUT2D eigenvalue weighted by Crippen LogP contribution is 2.23. The summed E-state index contributed by atoms with van der Waals surface area (Å²) in [7, 11) is 0. The Labute approximate surface area is 104 Å². The molecule has 0 aliphatic rings. The van der Waals surface area contributed by atoms with Crippen molar-refractivity contribution in [3.63, 3.8) is 0 Å². The Morgan fingerprint density at radius 2 is 2.11 bits per heavy atom. The number of hydrogen-bond donors (Lipinski definition) is 3. The van der Waals surface area contributed by atoms with Gasteiger partial charge in [0.05, 0.1) is 16.7 Å². The zero-order chi connectivity index (χ0) is 12.7. The molecule has 92 valence electrons. The molecule has 1 aromatic carbocycles. The Bertz CT molecular complexity index is 696. The quantitative estimate of drug-likeness (QED) is 0.645. The van der Waals surface area contributed by atoms with E-state index >= 15 is 0 Å². The summed E-state index contributed by atoms with van der Waals surface area (Å²) in [5.41, 5.74) is 4.71. The second-order valence-corrected chi connectivity index (χ2v) is 4.47. The summed E-state index contributed by atoms with van der Waals surface area (Å²) in [6, 6.07) is 7.89. The van der Waals surface area contributed by atoms with Crippen LogP contribution in [0.4, 0.5) is 0 Å². The molecule has 5 nitrogen and oxygen atoms in total. The Morgan fingerprint density at radius 1 is 1.28 bits per heavy atom. The van der Waals surface area contributed by atoms with Crippen molar-refractivity contribution in [2.24, 2.45) is 0 Å². The number of nitrogens with one attached hydrogen (secondary N) is 2. The zero-order valence-corrected chi connectivity index (χ0v) is 10.2. The van der Waals surface area contributed by atoms with Gasteiger partial charge in [-0.1, -0.05) is 6.07 Å². The van der Waals surface area contributed by atoms with E-state index in [-0.39, 0.29) is 0 Å². The van der Waals surface area contributed by atoms with Crippen LogP contribution in [0.3, 0.4) is 0 Å². The van der Waals surface area contributed by atoms with Gasteiger partial charge in [0.15, 0.2) is 0 Å². The van der Waals surface area contributed by atoms with E-state index in [1.165, 1.54) is 0 Å². The number of H-pyrrole nitrogens is 2. The predicted octanol–water partition coefficient (Wildman–Crippen LogP) is 2.31. The monoisotopic (exact) mass is 242 g/mol. The van der Waals surface area contributed by atoms with Crippen molar-refractivity contribution in [2.45, 2.75) is 20.0 Å². The molecule has 0 fully saturated rings. The van der Waals surface area contributed by atoms with Crippen LogP contribution in [0.2, 0.25) is 0 Å². The maximum Gasteiger partial charge on any atom is 0.135 e. The van der Waals surface area contributed by atoms with Gasteiger partial charge in [-0.15, -0.1) is 0 Å². The molecule has 0 amide bonds. The Kier molecular flexibility index (Phi) is 2.41. The summed E-state index contributed by atoms with van der Waals surface area (Å²) in [6.45, 7) is 3.66. The highest BCUT2D eigenvalue weighted by molar-refractivity contribution is 5.81. The summed E-state index contributed by atoms with van der Waals surface area (Å²) in [4.78, 5) is 7.43. The smallest absolute Gasteiger partial charge is 0.135 e. The first-order valence-electron chi connectivity index (χ1n) is 5.83. The second-order valence-electron chi connectivity index (χ2n) is 4.47. The van der Waals surface area contributed by atoms with Crippen molar-refractivity contribution in [1.29, 1.82) is 0 Å². The highest BCUT2D eigenvalue weighted by Gasteiger charge is 2.09. The van der Waals surface area contributed by atoms with E-state index in [0.717, 1.165) is 28.0 Å². The molecule has 0 aliphatic heterocycles. The first kappa shape index (κ1) is 11.0. The van der Waals surface area contributed by atoms with Gasteiger partial charge in [-0.2, -0.15) is 5.10 Å². The number of nitrogens with zero attached hydrogens (tertiary/aromatic N) is 2. The number of aliphatic hydroxyl groups is 1. The summed E-state index contributed by atoms with van der Waals surface area (Å²) in [6.07, 6.45) is -0.589. The maximum absolute atomic E-state index is 9.50. The lowest BCUT2D eigenvalue weighted by molar-refractivity contribution is 0.190. The number of hydrogen-bond acceptors (Lipinski definition) is 3. The molecule has 0 bridgehead atoms. The minimum absolute atomic E-state index is 0.584. The fourth-order valence-corrected chi connectivity index (χ4v) is 1.95. The van der Waals surface area contributed by atoms with Gasteiger partial charge in [0.1, 0.15) is 11.9 Å². The number of aromatic nitrogens is 4. The molecule has 3 aromatic rings. The fourth-order valence-electron chi connectivity index (χ4n) is 1.95. The maximum atomic E-state index is 9.50. The molecular weight excluding hydrogens is 228 g/mol. The van der Waals surface area contributed by atoms with Crippen molar-refractivity contribution in [2.75, 3.05) is 0 Å². The number of fused-ring (bicyclic) bond motifs is 1. The number of benzene rings is 1. The zero-order valence-electron chi connectivity index (χ0n) is 10.2. The first-order valence-corrected chi connectivity index (χ1v) is 5.83. The first-order chi connectivity index (χ1) is 8.63. The normalized spacial score (nSPS) is 13.1. The highest BCUT2D eigenvalue weighted by atomic mass is 16.3.